The number of anilines is 1. The van der Waals surface area contributed by atoms with E-state index in [1.807, 2.05) is 25.1 Å². The van der Waals surface area contributed by atoms with E-state index in [9.17, 15) is 9.59 Å². The Hall–Kier alpha value is -2.96. The molecule has 1 aromatic heterocycles. The van der Waals surface area contributed by atoms with Crippen molar-refractivity contribution in [3.63, 3.8) is 0 Å². The summed E-state index contributed by atoms with van der Waals surface area (Å²) in [6, 6.07) is 17.9. The van der Waals surface area contributed by atoms with Gasteiger partial charge < -0.3 is 10.6 Å². The van der Waals surface area contributed by atoms with Gasteiger partial charge in [0.1, 0.15) is 5.15 Å². The zero-order chi connectivity index (χ0) is 23.2. The maximum absolute atomic E-state index is 12.4. The Bertz CT molecular complexity index is 1130. The molecule has 1 saturated heterocycles. The quantitative estimate of drug-likeness (QED) is 0.497. The number of benzene rings is 2. The van der Waals surface area contributed by atoms with Crippen LogP contribution < -0.4 is 10.6 Å². The summed E-state index contributed by atoms with van der Waals surface area (Å²) in [5, 5.41) is 7.36. The van der Waals surface area contributed by atoms with Crippen LogP contribution in [0.5, 0.6) is 0 Å². The predicted molar refractivity (Wildman–Crippen MR) is 132 cm³/mol. The molecule has 2 N–H and O–H groups in total. The van der Waals surface area contributed by atoms with Crippen LogP contribution in [0.1, 0.15) is 36.8 Å². The summed E-state index contributed by atoms with van der Waals surface area (Å²) in [6.07, 6.45) is 2.19. The van der Waals surface area contributed by atoms with Crippen LogP contribution in [0.4, 0.5) is 5.69 Å². The normalized spacial score (nSPS) is 14.8. The first-order chi connectivity index (χ1) is 16.0. The van der Waals surface area contributed by atoms with Gasteiger partial charge in [0.2, 0.25) is 11.8 Å². The zero-order valence-electron chi connectivity index (χ0n) is 18.8. The van der Waals surface area contributed by atoms with Crippen LogP contribution in [-0.2, 0) is 16.1 Å². The largest absolute Gasteiger partial charge is 0.353 e. The molecule has 6 nitrogen and oxygen atoms in total. The molecule has 1 fully saturated rings. The first kappa shape index (κ1) is 23.2. The molecule has 0 bridgehead atoms. The summed E-state index contributed by atoms with van der Waals surface area (Å²) < 4.78 is 0. The number of hydrogen-bond acceptors (Lipinski definition) is 4. The molecule has 1 aliphatic rings. The first-order valence-electron chi connectivity index (χ1n) is 11.4. The summed E-state index contributed by atoms with van der Waals surface area (Å²) in [5.74, 6) is -0.249. The Balaban J connectivity index is 1.19. The van der Waals surface area contributed by atoms with E-state index < -0.39 is 0 Å². The second-order valence-electron chi connectivity index (χ2n) is 8.65. The van der Waals surface area contributed by atoms with Gasteiger partial charge in [-0.15, -0.1) is 0 Å². The van der Waals surface area contributed by atoms with Gasteiger partial charge in [0.25, 0.3) is 0 Å². The van der Waals surface area contributed by atoms with E-state index in [0.717, 1.165) is 48.9 Å². The number of nitrogens with one attached hydrogen (secondary N) is 2. The lowest BCUT2D eigenvalue weighted by Crippen LogP contribution is -2.44. The molecule has 1 aliphatic heterocycles. The highest BCUT2D eigenvalue weighted by molar-refractivity contribution is 6.30. The second kappa shape index (κ2) is 10.8. The van der Waals surface area contributed by atoms with Gasteiger partial charge in [-0.25, -0.2) is 4.98 Å². The number of amides is 2. The lowest BCUT2D eigenvalue weighted by Gasteiger charge is -2.32. The molecular weight excluding hydrogens is 436 g/mol. The van der Waals surface area contributed by atoms with Crippen molar-refractivity contribution in [2.24, 2.45) is 0 Å². The minimum atomic E-state index is -0.179. The summed E-state index contributed by atoms with van der Waals surface area (Å²) in [5.41, 5.74) is 3.78. The molecule has 172 valence electrons. The Morgan fingerprint density at radius 3 is 2.52 bits per heavy atom. The molecule has 0 aliphatic carbocycles. The number of carbonyl (C=O) groups excluding carboxylic acids is 2. The van der Waals surface area contributed by atoms with E-state index in [1.54, 1.807) is 12.1 Å². The SMILES string of the molecule is Cc1cc(Cl)nc2ccc(NC(=O)CCC(=O)NC3CCN(Cc4ccccc4)CC3)cc12. The number of rotatable bonds is 7. The maximum atomic E-state index is 12.4. The summed E-state index contributed by atoms with van der Waals surface area (Å²) in [7, 11) is 0. The predicted octanol–water partition coefficient (Wildman–Crippen LogP) is 4.70. The molecule has 4 rings (SSSR count). The van der Waals surface area contributed by atoms with Gasteiger partial charge >= 0.3 is 0 Å². The van der Waals surface area contributed by atoms with E-state index in [1.165, 1.54) is 5.56 Å². The Labute approximate surface area is 199 Å². The fourth-order valence-corrected chi connectivity index (χ4v) is 4.51. The molecule has 2 amide bonds. The number of pyridine rings is 1. The van der Waals surface area contributed by atoms with E-state index >= 15 is 0 Å². The maximum Gasteiger partial charge on any atom is 0.224 e. The van der Waals surface area contributed by atoms with Crippen LogP contribution >= 0.6 is 11.6 Å². The van der Waals surface area contributed by atoms with Gasteiger partial charge in [-0.05, 0) is 55.2 Å². The fourth-order valence-electron chi connectivity index (χ4n) is 4.26. The lowest BCUT2D eigenvalue weighted by atomic mass is 10.0. The van der Waals surface area contributed by atoms with Crippen LogP contribution in [0.3, 0.4) is 0 Å². The van der Waals surface area contributed by atoms with E-state index in [2.05, 4.69) is 44.8 Å². The van der Waals surface area contributed by atoms with Crippen molar-refractivity contribution >= 4 is 40.0 Å². The van der Waals surface area contributed by atoms with Crippen molar-refractivity contribution in [1.82, 2.24) is 15.2 Å². The number of nitrogens with zero attached hydrogens (tertiary/aromatic N) is 2. The average Bonchev–Trinajstić information content (AvgIpc) is 2.80. The molecule has 2 aromatic carbocycles. The van der Waals surface area contributed by atoms with Gasteiger partial charge in [-0.1, -0.05) is 41.9 Å². The number of hydrogen-bond donors (Lipinski definition) is 2. The van der Waals surface area contributed by atoms with Crippen molar-refractivity contribution in [3.8, 4) is 0 Å². The Morgan fingerprint density at radius 1 is 1.03 bits per heavy atom. The minimum Gasteiger partial charge on any atom is -0.353 e. The Kier molecular flexibility index (Phi) is 7.57. The number of carbonyl (C=O) groups is 2. The van der Waals surface area contributed by atoms with Crippen LogP contribution in [0, 0.1) is 6.92 Å². The van der Waals surface area contributed by atoms with Crippen LogP contribution in [0.2, 0.25) is 5.15 Å². The standard InChI is InChI=1S/C26H29ClN4O2/c1-18-15-24(27)30-23-8-7-21(16-22(18)23)29-26(33)10-9-25(32)28-20-11-13-31(14-12-20)17-19-5-3-2-4-6-19/h2-8,15-16,20H,9-14,17H2,1H3,(H,28,32)(H,29,33). The number of aromatic nitrogens is 1. The number of halogens is 1. The average molecular weight is 465 g/mol. The molecule has 0 spiro atoms. The highest BCUT2D eigenvalue weighted by atomic mass is 35.5. The molecule has 7 heteroatoms. The minimum absolute atomic E-state index is 0.0696. The van der Waals surface area contributed by atoms with Crippen LogP contribution in [-0.4, -0.2) is 40.8 Å². The first-order valence-corrected chi connectivity index (χ1v) is 11.8. The van der Waals surface area contributed by atoms with Crippen molar-refractivity contribution in [2.45, 2.75) is 45.2 Å². The zero-order valence-corrected chi connectivity index (χ0v) is 19.6. The highest BCUT2D eigenvalue weighted by Crippen LogP contribution is 2.24. The third kappa shape index (κ3) is 6.53. The molecule has 3 aromatic rings. The molecule has 33 heavy (non-hydrogen) atoms. The molecule has 0 radical (unpaired) electrons. The van der Waals surface area contributed by atoms with Crippen LogP contribution in [0.25, 0.3) is 10.9 Å². The summed E-state index contributed by atoms with van der Waals surface area (Å²) in [4.78, 5) is 31.4. The molecule has 0 saturated carbocycles. The third-order valence-corrected chi connectivity index (χ3v) is 6.24. The van der Waals surface area contributed by atoms with Gasteiger partial charge in [-0.2, -0.15) is 0 Å². The van der Waals surface area contributed by atoms with Crippen molar-refractivity contribution in [1.29, 1.82) is 0 Å². The number of piperidine rings is 1. The highest BCUT2D eigenvalue weighted by Gasteiger charge is 2.21. The molecule has 2 heterocycles. The molecule has 0 unspecified atom stereocenters. The smallest absolute Gasteiger partial charge is 0.224 e. The van der Waals surface area contributed by atoms with E-state index in [4.69, 9.17) is 11.6 Å². The number of likely N-dealkylation sites (tertiary alicyclic amines) is 1. The third-order valence-electron chi connectivity index (χ3n) is 6.05. The van der Waals surface area contributed by atoms with Gasteiger partial charge in [0, 0.05) is 49.6 Å². The van der Waals surface area contributed by atoms with Crippen molar-refractivity contribution in [2.75, 3.05) is 18.4 Å². The number of fused-ring (bicyclic) bond motifs is 1. The fraction of sp³-hybridized carbons (Fsp3) is 0.346. The molecular formula is C26H29ClN4O2. The van der Waals surface area contributed by atoms with Gasteiger partial charge in [0.15, 0.2) is 0 Å². The summed E-state index contributed by atoms with van der Waals surface area (Å²) >= 11 is 6.01. The van der Waals surface area contributed by atoms with Crippen LogP contribution in [0.15, 0.2) is 54.6 Å². The van der Waals surface area contributed by atoms with Gasteiger partial charge in [0.05, 0.1) is 5.52 Å². The lowest BCUT2D eigenvalue weighted by molar-refractivity contribution is -0.125. The Morgan fingerprint density at radius 2 is 1.76 bits per heavy atom. The van der Waals surface area contributed by atoms with Crippen molar-refractivity contribution < 1.29 is 9.59 Å². The monoisotopic (exact) mass is 464 g/mol. The van der Waals surface area contributed by atoms with E-state index in [-0.39, 0.29) is 30.7 Å². The van der Waals surface area contributed by atoms with E-state index in [0.29, 0.717) is 10.8 Å². The second-order valence-corrected chi connectivity index (χ2v) is 9.03. The topological polar surface area (TPSA) is 74.3 Å². The molecule has 0 atom stereocenters. The summed E-state index contributed by atoms with van der Waals surface area (Å²) in [6.45, 7) is 4.82. The number of aryl methyl sites for hydroxylation is 1. The van der Waals surface area contributed by atoms with Gasteiger partial charge in [-0.3, -0.25) is 14.5 Å². The van der Waals surface area contributed by atoms with Crippen molar-refractivity contribution in [3.05, 3.63) is 70.9 Å².